The van der Waals surface area contributed by atoms with Crippen LogP contribution in [0.1, 0.15) is 68.7 Å². The van der Waals surface area contributed by atoms with Gasteiger partial charge in [0.05, 0.1) is 17.6 Å². The number of halogens is 1. The number of hydrogen-bond donors (Lipinski definition) is 1. The molecule has 5 rings (SSSR count). The van der Waals surface area contributed by atoms with Gasteiger partial charge in [-0.3, -0.25) is 0 Å². The van der Waals surface area contributed by atoms with E-state index in [1.807, 2.05) is 56.3 Å². The molecule has 0 saturated carbocycles. The molecule has 2 heterocycles. The molecule has 240 valence electrons. The van der Waals surface area contributed by atoms with E-state index in [0.717, 1.165) is 39.8 Å². The van der Waals surface area contributed by atoms with Crippen molar-refractivity contribution >= 4 is 27.6 Å². The summed E-state index contributed by atoms with van der Waals surface area (Å²) in [4.78, 5) is 11.7. The number of sulfonamides is 1. The Balaban J connectivity index is 1.32. The van der Waals surface area contributed by atoms with Crippen LogP contribution in [0.25, 0.3) is 11.1 Å². The lowest BCUT2D eigenvalue weighted by Gasteiger charge is -2.49. The first-order chi connectivity index (χ1) is 21.3. The zero-order valence-corrected chi connectivity index (χ0v) is 28.0. The summed E-state index contributed by atoms with van der Waals surface area (Å²) in [6, 6.07) is 18.5. The highest BCUT2D eigenvalue weighted by Crippen LogP contribution is 2.52. The Morgan fingerprint density at radius 2 is 1.69 bits per heavy atom. The highest BCUT2D eigenvalue weighted by atomic mass is 35.5. The van der Waals surface area contributed by atoms with Crippen molar-refractivity contribution in [3.8, 4) is 16.9 Å². The molecule has 0 aliphatic carbocycles. The van der Waals surface area contributed by atoms with Gasteiger partial charge in [-0.2, -0.15) is 4.31 Å². The summed E-state index contributed by atoms with van der Waals surface area (Å²) in [7, 11) is -3.65. The van der Waals surface area contributed by atoms with Crippen molar-refractivity contribution in [1.82, 2.24) is 4.31 Å². The van der Waals surface area contributed by atoms with E-state index >= 15 is 0 Å². The smallest absolute Gasteiger partial charge is 0.341 e. The van der Waals surface area contributed by atoms with Crippen LogP contribution in [0, 0.1) is 18.3 Å². The summed E-state index contributed by atoms with van der Waals surface area (Å²) in [5, 5.41) is 9.98. The van der Waals surface area contributed by atoms with Gasteiger partial charge < -0.3 is 14.6 Å². The largest absolute Gasteiger partial charge is 0.482 e. The molecule has 0 amide bonds. The molecule has 2 fully saturated rings. The van der Waals surface area contributed by atoms with Crippen LogP contribution in [0.5, 0.6) is 5.75 Å². The van der Waals surface area contributed by atoms with E-state index in [9.17, 15) is 18.3 Å². The van der Waals surface area contributed by atoms with E-state index in [1.165, 1.54) is 0 Å². The molecule has 9 heteroatoms. The number of hydrogen-bond acceptors (Lipinski definition) is 5. The topological polar surface area (TPSA) is 93.1 Å². The van der Waals surface area contributed by atoms with E-state index in [0.29, 0.717) is 43.3 Å². The van der Waals surface area contributed by atoms with E-state index in [-0.39, 0.29) is 28.3 Å². The number of nitrogens with zero attached hydrogens (tertiary/aromatic N) is 1. The third-order valence-corrected chi connectivity index (χ3v) is 11.5. The zero-order valence-electron chi connectivity index (χ0n) is 26.4. The van der Waals surface area contributed by atoms with E-state index in [1.54, 1.807) is 16.4 Å². The summed E-state index contributed by atoms with van der Waals surface area (Å²) in [5.74, 6) is -0.276. The molecular weight excluding hydrogens is 610 g/mol. The average Bonchev–Trinajstić information content (AvgIpc) is 3.00. The standard InChI is InChI=1S/C36H42ClNO6S/c1-23(2)28-18-25(5)34(32(19-28)43-21-33(39)40)35-31(24(3)4)20-36(22-44-35)14-16-38(17-15-36)45(41,42)30-12-8-27(9-13-30)26-6-10-29(37)11-7-26/h6-13,18-19,23,31,35H,3,14-17,20-22H2,1-2,4-5H3,(H,39,40)/t31-,35+/m1/s1. The van der Waals surface area contributed by atoms with Crippen LogP contribution in [0.4, 0.5) is 0 Å². The fourth-order valence-corrected chi connectivity index (χ4v) is 8.21. The van der Waals surface area contributed by atoms with Gasteiger partial charge in [-0.05, 0) is 97.0 Å². The molecule has 7 nitrogen and oxygen atoms in total. The number of carboxylic acids is 1. The maximum absolute atomic E-state index is 13.6. The van der Waals surface area contributed by atoms with Gasteiger partial charge in [0.1, 0.15) is 5.75 Å². The van der Waals surface area contributed by atoms with Gasteiger partial charge in [0.2, 0.25) is 10.0 Å². The zero-order chi connectivity index (χ0) is 32.5. The molecular formula is C36H42ClNO6S. The first kappa shape index (κ1) is 33.2. The van der Waals surface area contributed by atoms with Crippen molar-refractivity contribution in [2.24, 2.45) is 11.3 Å². The van der Waals surface area contributed by atoms with E-state index < -0.39 is 22.6 Å². The lowest BCUT2D eigenvalue weighted by Crippen LogP contribution is -2.48. The Labute approximate surface area is 271 Å². The van der Waals surface area contributed by atoms with Gasteiger partial charge in [-0.25, -0.2) is 13.2 Å². The Kier molecular flexibility index (Phi) is 9.80. The minimum absolute atomic E-state index is 0.0295. The second-order valence-corrected chi connectivity index (χ2v) is 15.3. The number of aliphatic carboxylic acids is 1. The van der Waals surface area contributed by atoms with Crippen LogP contribution >= 0.6 is 11.6 Å². The van der Waals surface area contributed by atoms with Crippen molar-refractivity contribution in [1.29, 1.82) is 0 Å². The summed E-state index contributed by atoms with van der Waals surface area (Å²) >= 11 is 6.01. The number of aryl methyl sites for hydroxylation is 1. The number of piperidine rings is 1. The van der Waals surface area contributed by atoms with Gasteiger partial charge in [0.15, 0.2) is 6.61 Å². The molecule has 0 bridgehead atoms. The molecule has 2 saturated heterocycles. The first-order valence-electron chi connectivity index (χ1n) is 15.4. The normalized spacial score (nSPS) is 20.3. The summed E-state index contributed by atoms with van der Waals surface area (Å²) in [6.07, 6.45) is 1.83. The van der Waals surface area contributed by atoms with Crippen molar-refractivity contribution in [3.05, 3.63) is 94.5 Å². The summed E-state index contributed by atoms with van der Waals surface area (Å²) in [5.41, 5.74) is 5.63. The maximum Gasteiger partial charge on any atom is 0.341 e. The predicted octanol–water partition coefficient (Wildman–Crippen LogP) is 8.03. The third-order valence-electron chi connectivity index (χ3n) is 9.35. The number of benzene rings is 3. The van der Waals surface area contributed by atoms with Gasteiger partial charge >= 0.3 is 5.97 Å². The number of rotatable bonds is 9. The molecule has 0 radical (unpaired) electrons. The Morgan fingerprint density at radius 1 is 1.09 bits per heavy atom. The van der Waals surface area contributed by atoms with Crippen LogP contribution in [0.3, 0.4) is 0 Å². The summed E-state index contributed by atoms with van der Waals surface area (Å²) in [6.45, 7) is 13.4. The van der Waals surface area contributed by atoms with Crippen LogP contribution in [-0.2, 0) is 19.6 Å². The molecule has 3 aromatic rings. The Morgan fingerprint density at radius 3 is 2.24 bits per heavy atom. The fourth-order valence-electron chi connectivity index (χ4n) is 6.64. The van der Waals surface area contributed by atoms with Gasteiger partial charge in [0, 0.05) is 29.6 Å². The summed E-state index contributed by atoms with van der Waals surface area (Å²) < 4.78 is 41.3. The number of carbonyl (C=O) groups is 1. The molecule has 2 atom stereocenters. The second-order valence-electron chi connectivity index (χ2n) is 12.9. The lowest BCUT2D eigenvalue weighted by atomic mass is 9.67. The quantitative estimate of drug-likeness (QED) is 0.236. The van der Waals surface area contributed by atoms with Crippen LogP contribution in [-0.4, -0.2) is 50.1 Å². The van der Waals surface area contributed by atoms with Crippen LogP contribution in [0.15, 0.2) is 77.7 Å². The fraction of sp³-hybridized carbons (Fsp3) is 0.417. The van der Waals surface area contributed by atoms with Crippen LogP contribution in [0.2, 0.25) is 5.02 Å². The van der Waals surface area contributed by atoms with Crippen molar-refractivity contribution in [2.45, 2.75) is 63.9 Å². The Hall–Kier alpha value is -3.17. The first-order valence-corrected chi connectivity index (χ1v) is 17.2. The molecule has 0 unspecified atom stereocenters. The predicted molar refractivity (Wildman–Crippen MR) is 177 cm³/mol. The highest BCUT2D eigenvalue weighted by Gasteiger charge is 2.46. The molecule has 0 aromatic heterocycles. The van der Waals surface area contributed by atoms with Crippen molar-refractivity contribution in [3.63, 3.8) is 0 Å². The van der Waals surface area contributed by atoms with Crippen molar-refractivity contribution in [2.75, 3.05) is 26.3 Å². The molecule has 3 aromatic carbocycles. The lowest BCUT2D eigenvalue weighted by molar-refractivity contribution is -0.139. The molecule has 45 heavy (non-hydrogen) atoms. The third kappa shape index (κ3) is 7.14. The minimum Gasteiger partial charge on any atom is -0.482 e. The average molecular weight is 652 g/mol. The van der Waals surface area contributed by atoms with Gasteiger partial charge in [-0.15, -0.1) is 0 Å². The molecule has 2 aliphatic rings. The van der Waals surface area contributed by atoms with E-state index in [2.05, 4.69) is 26.5 Å². The molecule has 1 spiro atoms. The molecule has 1 N–H and O–H groups in total. The monoisotopic (exact) mass is 651 g/mol. The Bertz CT molecular complexity index is 1660. The maximum atomic E-state index is 13.6. The highest BCUT2D eigenvalue weighted by molar-refractivity contribution is 7.89. The van der Waals surface area contributed by atoms with Crippen molar-refractivity contribution < 1.29 is 27.8 Å². The second kappa shape index (κ2) is 13.3. The SMILES string of the molecule is C=C(C)[C@H]1CC2(CCN(S(=O)(=O)c3ccc(-c4ccc(Cl)cc4)cc3)CC2)CO[C@@H]1c1c(C)cc(C(C)C)cc1OCC(=O)O. The minimum atomic E-state index is -3.65. The van der Waals surface area contributed by atoms with Crippen LogP contribution < -0.4 is 4.74 Å². The number of carboxylic acid groups (broad SMARTS) is 1. The van der Waals surface area contributed by atoms with Gasteiger partial charge in [-0.1, -0.05) is 67.9 Å². The molecule has 2 aliphatic heterocycles. The number of ether oxygens (including phenoxy) is 2. The van der Waals surface area contributed by atoms with E-state index in [4.69, 9.17) is 21.1 Å². The van der Waals surface area contributed by atoms with Gasteiger partial charge in [0.25, 0.3) is 0 Å².